The van der Waals surface area contributed by atoms with Crippen LogP contribution in [0.3, 0.4) is 0 Å². The van der Waals surface area contributed by atoms with E-state index in [-0.39, 0.29) is 5.41 Å². The molecule has 0 aliphatic rings. The predicted molar refractivity (Wildman–Crippen MR) is 40.8 cm³/mol. The van der Waals surface area contributed by atoms with Crippen LogP contribution >= 0.6 is 0 Å². The van der Waals surface area contributed by atoms with E-state index in [9.17, 15) is 0 Å². The zero-order valence-corrected chi connectivity index (χ0v) is 6.64. The van der Waals surface area contributed by atoms with Crippen molar-refractivity contribution in [1.82, 2.24) is 0 Å². The number of hydrogen-bond donors (Lipinski definition) is 0. The summed E-state index contributed by atoms with van der Waals surface area (Å²) in [7, 11) is 0. The molecule has 0 saturated carbocycles. The van der Waals surface area contributed by atoms with Crippen molar-refractivity contribution in [2.45, 2.75) is 26.2 Å². The van der Waals surface area contributed by atoms with Crippen LogP contribution in [0.25, 0.3) is 0 Å². The highest BCUT2D eigenvalue weighted by Gasteiger charge is 2.15. The molecular weight excluding hydrogens is 124 g/mol. The largest absolute Gasteiger partial charge is 0.469 e. The Labute approximate surface area is 62.1 Å². The Morgan fingerprint density at radius 3 is 2.20 bits per heavy atom. The number of furan rings is 1. The van der Waals surface area contributed by atoms with Gasteiger partial charge in [0, 0.05) is 6.92 Å². The molecule has 0 fully saturated rings. The van der Waals surface area contributed by atoms with Gasteiger partial charge in [0.25, 0.3) is 0 Å². The molecule has 0 unspecified atom stereocenters. The van der Waals surface area contributed by atoms with Crippen molar-refractivity contribution in [2.24, 2.45) is 0 Å². The molecule has 0 atom stereocenters. The van der Waals surface area contributed by atoms with Crippen LogP contribution in [0.4, 0.5) is 0 Å². The fraction of sp³-hybridized carbons (Fsp3) is 0.444. The summed E-state index contributed by atoms with van der Waals surface area (Å²) in [6.45, 7) is 11.8. The van der Waals surface area contributed by atoms with E-state index in [1.165, 1.54) is 0 Å². The lowest BCUT2D eigenvalue weighted by Gasteiger charge is -2.14. The lowest BCUT2D eigenvalue weighted by Crippen LogP contribution is -2.08. The summed E-state index contributed by atoms with van der Waals surface area (Å²) >= 11 is 0. The van der Waals surface area contributed by atoms with E-state index in [1.807, 2.05) is 6.07 Å². The molecule has 54 valence electrons. The molecule has 0 bridgehead atoms. The summed E-state index contributed by atoms with van der Waals surface area (Å²) in [5.41, 5.74) is 1.28. The van der Waals surface area contributed by atoms with E-state index >= 15 is 0 Å². The van der Waals surface area contributed by atoms with Crippen molar-refractivity contribution >= 4 is 0 Å². The molecule has 0 aromatic carbocycles. The minimum absolute atomic E-state index is 0.140. The standard InChI is InChI=1S/C9H12O/c1-7-5-8(6-10-7)9(2,3)4/h1,5-6H,2-4H3. The van der Waals surface area contributed by atoms with Gasteiger partial charge in [0.2, 0.25) is 0 Å². The van der Waals surface area contributed by atoms with E-state index in [2.05, 4.69) is 20.8 Å². The topological polar surface area (TPSA) is 13.1 Å². The molecule has 0 amide bonds. The lowest BCUT2D eigenvalue weighted by atomic mass is 9.89. The van der Waals surface area contributed by atoms with Crippen LogP contribution in [-0.2, 0) is 5.41 Å². The molecular formula is C9H12O. The van der Waals surface area contributed by atoms with Gasteiger partial charge in [0.1, 0.15) is 5.76 Å². The van der Waals surface area contributed by atoms with Crippen molar-refractivity contribution in [2.75, 3.05) is 0 Å². The van der Waals surface area contributed by atoms with Crippen molar-refractivity contribution in [1.29, 1.82) is 0 Å². The molecule has 1 nitrogen and oxygen atoms in total. The summed E-state index contributed by atoms with van der Waals surface area (Å²) in [6, 6.07) is 1.86. The Bertz CT molecular complexity index is 215. The van der Waals surface area contributed by atoms with Gasteiger partial charge >= 0.3 is 0 Å². The normalized spacial score (nSPS) is 12.0. The highest BCUT2D eigenvalue weighted by molar-refractivity contribution is 5.21. The molecule has 1 aromatic rings. The van der Waals surface area contributed by atoms with Gasteiger partial charge in [-0.1, -0.05) is 20.8 Å². The fourth-order valence-corrected chi connectivity index (χ4v) is 0.746. The van der Waals surface area contributed by atoms with Gasteiger partial charge in [-0.25, -0.2) is 0 Å². The second-order valence-corrected chi connectivity index (χ2v) is 3.49. The first-order chi connectivity index (χ1) is 4.50. The van der Waals surface area contributed by atoms with Crippen molar-refractivity contribution < 1.29 is 4.42 Å². The van der Waals surface area contributed by atoms with E-state index in [0.717, 1.165) is 5.56 Å². The Morgan fingerprint density at radius 1 is 1.40 bits per heavy atom. The SMILES string of the molecule is [CH]c1cc(C(C)(C)C)co1. The molecule has 1 heteroatoms. The summed E-state index contributed by atoms with van der Waals surface area (Å²) in [6.07, 6.45) is 1.70. The molecule has 0 N–H and O–H groups in total. The Kier molecular flexibility index (Phi) is 1.59. The van der Waals surface area contributed by atoms with Crippen LogP contribution < -0.4 is 0 Å². The molecule has 10 heavy (non-hydrogen) atoms. The third-order valence-electron chi connectivity index (χ3n) is 1.49. The minimum atomic E-state index is 0.140. The van der Waals surface area contributed by atoms with Crippen LogP contribution in [0.2, 0.25) is 0 Å². The molecule has 1 rings (SSSR count). The molecule has 0 saturated heterocycles. The zero-order valence-electron chi connectivity index (χ0n) is 6.64. The van der Waals surface area contributed by atoms with Gasteiger partial charge in [0.05, 0.1) is 6.26 Å². The van der Waals surface area contributed by atoms with Crippen molar-refractivity contribution in [3.8, 4) is 0 Å². The third-order valence-corrected chi connectivity index (χ3v) is 1.49. The summed E-state index contributed by atoms with van der Waals surface area (Å²) in [5, 5.41) is 0. The molecule has 2 radical (unpaired) electrons. The first kappa shape index (κ1) is 7.39. The lowest BCUT2D eigenvalue weighted by molar-refractivity contribution is 0.526. The molecule has 0 aliphatic carbocycles. The van der Waals surface area contributed by atoms with Gasteiger partial charge in [-0.2, -0.15) is 0 Å². The second kappa shape index (κ2) is 2.15. The van der Waals surface area contributed by atoms with E-state index in [1.54, 1.807) is 6.26 Å². The monoisotopic (exact) mass is 136 g/mol. The third kappa shape index (κ3) is 1.41. The van der Waals surface area contributed by atoms with Gasteiger partial charge < -0.3 is 4.42 Å². The smallest absolute Gasteiger partial charge is 0.108 e. The van der Waals surface area contributed by atoms with Crippen LogP contribution in [0, 0.1) is 6.92 Å². The number of hydrogen-bond acceptors (Lipinski definition) is 1. The van der Waals surface area contributed by atoms with Gasteiger partial charge in [0.15, 0.2) is 0 Å². The van der Waals surface area contributed by atoms with Crippen molar-refractivity contribution in [3.05, 3.63) is 30.6 Å². The van der Waals surface area contributed by atoms with Gasteiger partial charge in [-0.3, -0.25) is 0 Å². The first-order valence-electron chi connectivity index (χ1n) is 3.34. The average Bonchev–Trinajstić information content (AvgIpc) is 2.11. The highest BCUT2D eigenvalue weighted by atomic mass is 16.3. The van der Waals surface area contributed by atoms with E-state index in [0.29, 0.717) is 5.76 Å². The highest BCUT2D eigenvalue weighted by Crippen LogP contribution is 2.23. The maximum absolute atomic E-state index is 5.41. The summed E-state index contributed by atoms with van der Waals surface area (Å²) in [5.74, 6) is 0.491. The fourth-order valence-electron chi connectivity index (χ4n) is 0.746. The predicted octanol–water partition coefficient (Wildman–Crippen LogP) is 2.64. The molecule has 1 aromatic heterocycles. The van der Waals surface area contributed by atoms with Crippen molar-refractivity contribution in [3.63, 3.8) is 0 Å². The van der Waals surface area contributed by atoms with Crippen LogP contribution in [0.5, 0.6) is 0 Å². The summed E-state index contributed by atoms with van der Waals surface area (Å²) in [4.78, 5) is 0. The Balaban J connectivity index is 2.96. The van der Waals surface area contributed by atoms with E-state index in [4.69, 9.17) is 11.3 Å². The van der Waals surface area contributed by atoms with E-state index < -0.39 is 0 Å². The average molecular weight is 136 g/mol. The number of rotatable bonds is 0. The van der Waals surface area contributed by atoms with Crippen LogP contribution in [0.15, 0.2) is 16.7 Å². The maximum atomic E-state index is 5.41. The second-order valence-electron chi connectivity index (χ2n) is 3.49. The quantitative estimate of drug-likeness (QED) is 0.534. The zero-order chi connectivity index (χ0) is 7.78. The van der Waals surface area contributed by atoms with Gasteiger partial charge in [-0.05, 0) is 17.0 Å². The van der Waals surface area contributed by atoms with Crippen LogP contribution in [0.1, 0.15) is 32.1 Å². The van der Waals surface area contributed by atoms with Crippen LogP contribution in [-0.4, -0.2) is 0 Å². The Morgan fingerprint density at radius 2 is 2.00 bits per heavy atom. The summed E-state index contributed by atoms with van der Waals surface area (Å²) < 4.78 is 4.97. The molecule has 1 heterocycles. The maximum Gasteiger partial charge on any atom is 0.108 e. The van der Waals surface area contributed by atoms with Gasteiger partial charge in [-0.15, -0.1) is 0 Å². The Hall–Kier alpha value is -0.720. The minimum Gasteiger partial charge on any atom is -0.469 e. The molecule has 0 aliphatic heterocycles. The molecule has 0 spiro atoms. The first-order valence-corrected chi connectivity index (χ1v) is 3.34.